The van der Waals surface area contributed by atoms with Crippen molar-refractivity contribution in [2.45, 2.75) is 19.3 Å². The van der Waals surface area contributed by atoms with Crippen LogP contribution in [0.2, 0.25) is 0 Å². The molecule has 1 aromatic heterocycles. The molecule has 0 saturated heterocycles. The fourth-order valence-corrected chi connectivity index (χ4v) is 2.56. The van der Waals surface area contributed by atoms with E-state index < -0.39 is 0 Å². The molecule has 7 nitrogen and oxygen atoms in total. The summed E-state index contributed by atoms with van der Waals surface area (Å²) in [5.41, 5.74) is 6.05. The molecule has 1 heterocycles. The fraction of sp³-hybridized carbons (Fsp3) is 0.250. The first-order valence-electron chi connectivity index (χ1n) is 8.89. The number of hydrogen-bond acceptors (Lipinski definition) is 5. The largest absolute Gasteiger partial charge is 0.494 e. The summed E-state index contributed by atoms with van der Waals surface area (Å²) in [5, 5.41) is 10.7. The van der Waals surface area contributed by atoms with Gasteiger partial charge in [-0.3, -0.25) is 10.7 Å². The van der Waals surface area contributed by atoms with Crippen LogP contribution in [-0.2, 0) is 0 Å². The number of nitrogens with one attached hydrogen (secondary N) is 2. The molecule has 0 bridgehead atoms. The van der Waals surface area contributed by atoms with Gasteiger partial charge in [0, 0.05) is 11.6 Å². The maximum atomic E-state index is 7.21. The van der Waals surface area contributed by atoms with Crippen molar-refractivity contribution in [1.82, 2.24) is 9.97 Å². The molecule has 0 atom stereocenters. The number of benzene rings is 2. The molecule has 0 saturated carbocycles. The normalized spacial score (nSPS) is 10.5. The molecule has 140 valence electrons. The molecule has 4 N–H and O–H groups in total. The molecule has 0 fully saturated rings. The second kappa shape index (κ2) is 9.38. The summed E-state index contributed by atoms with van der Waals surface area (Å²) in [6, 6.07) is 15.5. The van der Waals surface area contributed by atoms with Crippen LogP contribution in [0, 0.1) is 5.41 Å². The van der Waals surface area contributed by atoms with E-state index in [-0.39, 0.29) is 5.96 Å². The average Bonchev–Trinajstić information content (AvgIpc) is 2.67. The van der Waals surface area contributed by atoms with Gasteiger partial charge in [0.1, 0.15) is 11.5 Å². The summed E-state index contributed by atoms with van der Waals surface area (Å²) in [5.74, 6) is 1.82. The molecule has 0 spiro atoms. The molecule has 3 aromatic rings. The monoisotopic (exact) mass is 365 g/mol. The number of fused-ring (bicyclic) bond motifs is 1. The van der Waals surface area contributed by atoms with Crippen molar-refractivity contribution in [2.75, 3.05) is 18.5 Å². The lowest BCUT2D eigenvalue weighted by atomic mass is 10.2. The summed E-state index contributed by atoms with van der Waals surface area (Å²) >= 11 is 0. The van der Waals surface area contributed by atoms with Gasteiger partial charge in [-0.2, -0.15) is 0 Å². The minimum Gasteiger partial charge on any atom is -0.494 e. The Morgan fingerprint density at radius 2 is 1.70 bits per heavy atom. The third kappa shape index (κ3) is 5.85. The van der Waals surface area contributed by atoms with E-state index in [1.807, 2.05) is 48.5 Å². The molecule has 0 unspecified atom stereocenters. The van der Waals surface area contributed by atoms with Crippen LogP contribution in [0.25, 0.3) is 10.9 Å². The summed E-state index contributed by atoms with van der Waals surface area (Å²) < 4.78 is 11.5. The Hall–Kier alpha value is -3.35. The number of rotatable bonds is 9. The second-order valence-corrected chi connectivity index (χ2v) is 6.02. The molecule has 3 rings (SSSR count). The molecule has 0 amide bonds. The highest BCUT2D eigenvalue weighted by Gasteiger charge is 2.03. The SMILES string of the molecule is N=C(N)Nc1ncc2cc(OCCCCCOc3ccccc3)ccc2n1. The quantitative estimate of drug-likeness (QED) is 0.304. The molecule has 0 aliphatic rings. The van der Waals surface area contributed by atoms with E-state index >= 15 is 0 Å². The molecule has 0 aliphatic heterocycles. The Balaban J connectivity index is 1.39. The minimum atomic E-state index is -0.191. The Labute approximate surface area is 158 Å². The Morgan fingerprint density at radius 3 is 2.44 bits per heavy atom. The lowest BCUT2D eigenvalue weighted by Gasteiger charge is -2.08. The molecule has 27 heavy (non-hydrogen) atoms. The summed E-state index contributed by atoms with van der Waals surface area (Å²) in [6.07, 6.45) is 4.69. The van der Waals surface area contributed by atoms with Gasteiger partial charge in [-0.15, -0.1) is 0 Å². The molecular weight excluding hydrogens is 342 g/mol. The van der Waals surface area contributed by atoms with Gasteiger partial charge in [-0.25, -0.2) is 9.97 Å². The maximum absolute atomic E-state index is 7.21. The predicted octanol–water partition coefficient (Wildman–Crippen LogP) is 3.56. The van der Waals surface area contributed by atoms with E-state index in [4.69, 9.17) is 20.6 Å². The molecule has 0 aliphatic carbocycles. The van der Waals surface area contributed by atoms with Crippen molar-refractivity contribution in [3.05, 3.63) is 54.7 Å². The van der Waals surface area contributed by atoms with Crippen LogP contribution in [-0.4, -0.2) is 29.1 Å². The van der Waals surface area contributed by atoms with Crippen LogP contribution in [0.4, 0.5) is 5.95 Å². The zero-order valence-corrected chi connectivity index (χ0v) is 15.0. The van der Waals surface area contributed by atoms with Crippen molar-refractivity contribution in [1.29, 1.82) is 5.41 Å². The fourth-order valence-electron chi connectivity index (χ4n) is 2.56. The maximum Gasteiger partial charge on any atom is 0.230 e. The number of nitrogens with two attached hydrogens (primary N) is 1. The second-order valence-electron chi connectivity index (χ2n) is 6.02. The van der Waals surface area contributed by atoms with Gasteiger partial charge in [0.15, 0.2) is 5.96 Å². The van der Waals surface area contributed by atoms with Crippen LogP contribution >= 0.6 is 0 Å². The van der Waals surface area contributed by atoms with Crippen molar-refractivity contribution in [2.24, 2.45) is 5.73 Å². The first-order valence-corrected chi connectivity index (χ1v) is 8.89. The van der Waals surface area contributed by atoms with Crippen molar-refractivity contribution >= 4 is 22.8 Å². The lowest BCUT2D eigenvalue weighted by Crippen LogP contribution is -2.21. The smallest absolute Gasteiger partial charge is 0.230 e. The molecule has 7 heteroatoms. The van der Waals surface area contributed by atoms with Gasteiger partial charge in [-0.1, -0.05) is 18.2 Å². The number of ether oxygens (including phenoxy) is 2. The topological polar surface area (TPSA) is 106 Å². The third-order valence-corrected chi connectivity index (χ3v) is 3.87. The summed E-state index contributed by atoms with van der Waals surface area (Å²) in [4.78, 5) is 8.43. The van der Waals surface area contributed by atoms with E-state index in [1.54, 1.807) is 6.20 Å². The summed E-state index contributed by atoms with van der Waals surface area (Å²) in [7, 11) is 0. The average molecular weight is 365 g/mol. The highest BCUT2D eigenvalue weighted by atomic mass is 16.5. The van der Waals surface area contributed by atoms with Gasteiger partial charge in [0.05, 0.1) is 18.7 Å². The van der Waals surface area contributed by atoms with Crippen molar-refractivity contribution < 1.29 is 9.47 Å². The van der Waals surface area contributed by atoms with Gasteiger partial charge in [0.2, 0.25) is 5.95 Å². The van der Waals surface area contributed by atoms with E-state index in [0.717, 1.165) is 41.7 Å². The number of hydrogen-bond donors (Lipinski definition) is 3. The van der Waals surface area contributed by atoms with E-state index in [9.17, 15) is 0 Å². The zero-order valence-electron chi connectivity index (χ0n) is 15.0. The number of guanidine groups is 1. The standard InChI is InChI=1S/C20H23N5O2/c21-19(22)25-20-23-14-15-13-17(9-10-18(15)24-20)27-12-6-2-5-11-26-16-7-3-1-4-8-16/h1,3-4,7-10,13-14H,2,5-6,11-12H2,(H4,21,22,23,24,25). The van der Waals surface area contributed by atoms with Crippen LogP contribution < -0.4 is 20.5 Å². The molecule has 0 radical (unpaired) electrons. The molecule has 2 aromatic carbocycles. The first kappa shape index (κ1) is 18.4. The van der Waals surface area contributed by atoms with Crippen LogP contribution in [0.5, 0.6) is 11.5 Å². The molecular formula is C20H23N5O2. The minimum absolute atomic E-state index is 0.191. The Kier molecular flexibility index (Phi) is 6.40. The summed E-state index contributed by atoms with van der Waals surface area (Å²) in [6.45, 7) is 1.37. The van der Waals surface area contributed by atoms with Crippen LogP contribution in [0.1, 0.15) is 19.3 Å². The number of nitrogens with zero attached hydrogens (tertiary/aromatic N) is 2. The lowest BCUT2D eigenvalue weighted by molar-refractivity contribution is 0.279. The van der Waals surface area contributed by atoms with E-state index in [1.165, 1.54) is 0 Å². The zero-order chi connectivity index (χ0) is 18.9. The van der Waals surface area contributed by atoms with Gasteiger partial charge in [0.25, 0.3) is 0 Å². The third-order valence-electron chi connectivity index (χ3n) is 3.87. The van der Waals surface area contributed by atoms with Gasteiger partial charge < -0.3 is 15.2 Å². The van der Waals surface area contributed by atoms with Gasteiger partial charge in [-0.05, 0) is 49.6 Å². The van der Waals surface area contributed by atoms with Gasteiger partial charge >= 0.3 is 0 Å². The number of para-hydroxylation sites is 1. The highest BCUT2D eigenvalue weighted by Crippen LogP contribution is 2.20. The van der Waals surface area contributed by atoms with Crippen molar-refractivity contribution in [3.8, 4) is 11.5 Å². The Morgan fingerprint density at radius 1 is 0.963 bits per heavy atom. The Bertz CT molecular complexity index is 886. The van der Waals surface area contributed by atoms with Crippen LogP contribution in [0.15, 0.2) is 54.7 Å². The highest BCUT2D eigenvalue weighted by molar-refractivity contribution is 5.89. The first-order chi connectivity index (χ1) is 13.2. The van der Waals surface area contributed by atoms with Crippen molar-refractivity contribution in [3.63, 3.8) is 0 Å². The van der Waals surface area contributed by atoms with Crippen LogP contribution in [0.3, 0.4) is 0 Å². The van der Waals surface area contributed by atoms with E-state index in [0.29, 0.717) is 19.2 Å². The number of aromatic nitrogens is 2. The van der Waals surface area contributed by atoms with E-state index in [2.05, 4.69) is 15.3 Å². The number of unbranched alkanes of at least 4 members (excludes halogenated alkanes) is 2. The predicted molar refractivity (Wildman–Crippen MR) is 106 cm³/mol. The number of anilines is 1.